The molecule has 3 rings (SSSR count). The fourth-order valence-corrected chi connectivity index (χ4v) is 2.60. The molecule has 0 radical (unpaired) electrons. The number of ketones is 1. The fraction of sp³-hybridized carbons (Fsp3) is 0.105. The van der Waals surface area contributed by atoms with Crippen LogP contribution in [-0.2, 0) is 9.53 Å². The number of carbonyl (C=O) groups excluding carboxylic acids is 3. The van der Waals surface area contributed by atoms with Crippen molar-refractivity contribution < 1.29 is 23.9 Å². The number of methoxy groups -OCH3 is 2. The molecule has 132 valence electrons. The summed E-state index contributed by atoms with van der Waals surface area (Å²) in [6.07, 6.45) is 1.47. The largest absolute Gasteiger partial charge is 0.497 e. The van der Waals surface area contributed by atoms with Crippen molar-refractivity contribution in [1.29, 1.82) is 0 Å². The van der Waals surface area contributed by atoms with Crippen LogP contribution in [0.5, 0.6) is 5.75 Å². The minimum Gasteiger partial charge on any atom is -0.497 e. The smallest absolute Gasteiger partial charge is 0.339 e. The quantitative estimate of drug-likeness (QED) is 0.418. The number of Topliss-reactive ketones (excluding diaryl/α,β-unsaturated/α-hetero) is 1. The van der Waals surface area contributed by atoms with Crippen LogP contribution in [0.4, 0.5) is 5.69 Å². The van der Waals surface area contributed by atoms with Gasteiger partial charge in [-0.3, -0.25) is 9.59 Å². The highest BCUT2D eigenvalue weighted by Crippen LogP contribution is 2.24. The van der Waals surface area contributed by atoms with Crippen molar-refractivity contribution >= 4 is 34.3 Å². The molecule has 1 heterocycles. The lowest BCUT2D eigenvalue weighted by molar-refractivity contribution is -0.112. The summed E-state index contributed by atoms with van der Waals surface area (Å²) in [4.78, 5) is 39.7. The molecule has 0 aliphatic rings. The van der Waals surface area contributed by atoms with Gasteiger partial charge in [0.2, 0.25) is 0 Å². The van der Waals surface area contributed by atoms with Crippen LogP contribution in [0.1, 0.15) is 20.7 Å². The van der Waals surface area contributed by atoms with E-state index in [0.717, 1.165) is 0 Å². The number of amides is 1. The predicted octanol–water partition coefficient (Wildman–Crippen LogP) is 2.78. The zero-order chi connectivity index (χ0) is 18.7. The highest BCUT2D eigenvalue weighted by Gasteiger charge is 2.22. The molecular weight excluding hydrogens is 336 g/mol. The number of para-hydroxylation sites is 1. The zero-order valence-electron chi connectivity index (χ0n) is 14.2. The number of rotatable bonds is 5. The second kappa shape index (κ2) is 7.10. The Morgan fingerprint density at radius 3 is 2.50 bits per heavy atom. The van der Waals surface area contributed by atoms with Gasteiger partial charge in [0.1, 0.15) is 5.75 Å². The number of aromatic amines is 1. The Kier molecular flexibility index (Phi) is 4.70. The summed E-state index contributed by atoms with van der Waals surface area (Å²) in [6, 6.07) is 11.5. The summed E-state index contributed by atoms with van der Waals surface area (Å²) in [6.45, 7) is 0. The second-order valence-corrected chi connectivity index (χ2v) is 5.43. The third-order valence-electron chi connectivity index (χ3n) is 3.92. The maximum atomic E-state index is 12.6. The van der Waals surface area contributed by atoms with Crippen LogP contribution in [0.2, 0.25) is 0 Å². The third kappa shape index (κ3) is 3.14. The number of carbonyl (C=O) groups is 3. The Bertz CT molecular complexity index is 1010. The van der Waals surface area contributed by atoms with Crippen LogP contribution >= 0.6 is 0 Å². The standard InChI is InChI=1S/C19H16N2O5/c1-25-11-7-8-15-13(9-11)14(10-20-15)17(22)18(23)21-16-6-4-3-5-12(16)19(24)26-2/h3-10,20H,1-2H3,(H,21,23). The first-order valence-corrected chi connectivity index (χ1v) is 7.73. The van der Waals surface area contributed by atoms with Gasteiger partial charge < -0.3 is 19.8 Å². The molecule has 0 spiro atoms. The van der Waals surface area contributed by atoms with E-state index >= 15 is 0 Å². The van der Waals surface area contributed by atoms with Crippen molar-refractivity contribution in [1.82, 2.24) is 4.98 Å². The van der Waals surface area contributed by atoms with Gasteiger partial charge in [-0.1, -0.05) is 12.1 Å². The van der Waals surface area contributed by atoms with Gasteiger partial charge in [-0.05, 0) is 30.3 Å². The van der Waals surface area contributed by atoms with Crippen LogP contribution in [-0.4, -0.2) is 36.9 Å². The van der Waals surface area contributed by atoms with Crippen LogP contribution in [0, 0.1) is 0 Å². The number of fused-ring (bicyclic) bond motifs is 1. The van der Waals surface area contributed by atoms with Crippen molar-refractivity contribution in [2.24, 2.45) is 0 Å². The van der Waals surface area contributed by atoms with Crippen LogP contribution in [0.3, 0.4) is 0 Å². The number of H-pyrrole nitrogens is 1. The fourth-order valence-electron chi connectivity index (χ4n) is 2.60. The second-order valence-electron chi connectivity index (χ2n) is 5.43. The van der Waals surface area contributed by atoms with E-state index < -0.39 is 17.7 Å². The average Bonchev–Trinajstić information content (AvgIpc) is 3.10. The minimum atomic E-state index is -0.856. The van der Waals surface area contributed by atoms with Gasteiger partial charge in [0, 0.05) is 17.1 Å². The maximum absolute atomic E-state index is 12.6. The van der Waals surface area contributed by atoms with Gasteiger partial charge in [-0.2, -0.15) is 0 Å². The first-order valence-electron chi connectivity index (χ1n) is 7.73. The number of nitrogens with one attached hydrogen (secondary N) is 2. The molecule has 0 bridgehead atoms. The molecule has 2 N–H and O–H groups in total. The lowest BCUT2D eigenvalue weighted by Gasteiger charge is -2.09. The van der Waals surface area contributed by atoms with Crippen molar-refractivity contribution in [2.75, 3.05) is 19.5 Å². The Morgan fingerprint density at radius 1 is 1.00 bits per heavy atom. The molecule has 0 unspecified atom stereocenters. The van der Waals surface area contributed by atoms with E-state index in [1.54, 1.807) is 30.3 Å². The van der Waals surface area contributed by atoms with E-state index in [-0.39, 0.29) is 16.8 Å². The maximum Gasteiger partial charge on any atom is 0.339 e. The van der Waals surface area contributed by atoms with Crippen LogP contribution in [0.25, 0.3) is 10.9 Å². The molecule has 26 heavy (non-hydrogen) atoms. The average molecular weight is 352 g/mol. The first kappa shape index (κ1) is 17.2. The molecule has 0 aliphatic carbocycles. The minimum absolute atomic E-state index is 0.164. The van der Waals surface area contributed by atoms with E-state index in [9.17, 15) is 14.4 Å². The van der Waals surface area contributed by atoms with Crippen LogP contribution in [0.15, 0.2) is 48.7 Å². The summed E-state index contributed by atoms with van der Waals surface area (Å²) >= 11 is 0. The van der Waals surface area contributed by atoms with E-state index in [1.807, 2.05) is 0 Å². The summed E-state index contributed by atoms with van der Waals surface area (Å²) in [5.74, 6) is -1.62. The molecule has 1 aromatic heterocycles. The van der Waals surface area contributed by atoms with Crippen molar-refractivity contribution in [3.05, 3.63) is 59.8 Å². The summed E-state index contributed by atoms with van der Waals surface area (Å²) < 4.78 is 9.84. The van der Waals surface area contributed by atoms with E-state index in [2.05, 4.69) is 15.0 Å². The monoisotopic (exact) mass is 352 g/mol. The van der Waals surface area contributed by atoms with Crippen molar-refractivity contribution in [3.63, 3.8) is 0 Å². The molecule has 0 saturated heterocycles. The van der Waals surface area contributed by atoms with Gasteiger partial charge in [0.15, 0.2) is 0 Å². The topological polar surface area (TPSA) is 97.5 Å². The van der Waals surface area contributed by atoms with Gasteiger partial charge in [-0.25, -0.2) is 4.79 Å². The van der Waals surface area contributed by atoms with Crippen LogP contribution < -0.4 is 10.1 Å². The van der Waals surface area contributed by atoms with E-state index in [4.69, 9.17) is 4.74 Å². The Balaban J connectivity index is 1.90. The molecule has 1 amide bonds. The molecular formula is C19H16N2O5. The van der Waals surface area contributed by atoms with Gasteiger partial charge in [0.25, 0.3) is 11.7 Å². The molecule has 0 saturated carbocycles. The number of anilines is 1. The Hall–Kier alpha value is -3.61. The number of esters is 1. The molecule has 7 nitrogen and oxygen atoms in total. The number of hydrogen-bond donors (Lipinski definition) is 2. The molecule has 3 aromatic rings. The Morgan fingerprint density at radius 2 is 1.77 bits per heavy atom. The van der Waals surface area contributed by atoms with Gasteiger partial charge >= 0.3 is 5.97 Å². The first-order chi connectivity index (χ1) is 12.5. The van der Waals surface area contributed by atoms with Crippen molar-refractivity contribution in [3.8, 4) is 5.75 Å². The highest BCUT2D eigenvalue weighted by atomic mass is 16.5. The molecule has 7 heteroatoms. The number of benzene rings is 2. The lowest BCUT2D eigenvalue weighted by atomic mass is 10.1. The zero-order valence-corrected chi connectivity index (χ0v) is 14.2. The number of hydrogen-bond acceptors (Lipinski definition) is 5. The molecule has 0 atom stereocenters. The SMILES string of the molecule is COC(=O)c1ccccc1NC(=O)C(=O)c1c[nH]c2ccc(OC)cc12. The summed E-state index contributed by atoms with van der Waals surface area (Å²) in [5, 5.41) is 3.05. The Labute approximate surface area is 148 Å². The number of ether oxygens (including phenoxy) is 2. The van der Waals surface area contributed by atoms with Crippen molar-refractivity contribution in [2.45, 2.75) is 0 Å². The van der Waals surface area contributed by atoms with E-state index in [0.29, 0.717) is 16.7 Å². The summed E-state index contributed by atoms with van der Waals surface area (Å²) in [5.41, 5.74) is 1.29. The highest BCUT2D eigenvalue weighted by molar-refractivity contribution is 6.48. The summed E-state index contributed by atoms with van der Waals surface area (Å²) in [7, 11) is 2.76. The predicted molar refractivity (Wildman–Crippen MR) is 95.6 cm³/mol. The normalized spacial score (nSPS) is 10.4. The van der Waals surface area contributed by atoms with Gasteiger partial charge in [0.05, 0.1) is 31.0 Å². The molecule has 2 aromatic carbocycles. The van der Waals surface area contributed by atoms with Gasteiger partial charge in [-0.15, -0.1) is 0 Å². The third-order valence-corrected chi connectivity index (χ3v) is 3.92. The molecule has 0 aliphatic heterocycles. The number of aromatic nitrogens is 1. The molecule has 0 fully saturated rings. The van der Waals surface area contributed by atoms with E-state index in [1.165, 1.54) is 32.5 Å². The lowest BCUT2D eigenvalue weighted by Crippen LogP contribution is -2.24.